The molecule has 130 valence electrons. The fourth-order valence-corrected chi connectivity index (χ4v) is 2.84. The second-order valence-corrected chi connectivity index (χ2v) is 6.03. The average molecular weight is 339 g/mol. The molecule has 0 amide bonds. The highest BCUT2D eigenvalue weighted by Gasteiger charge is 2.14. The normalized spacial score (nSPS) is 12.2. The van der Waals surface area contributed by atoms with Gasteiger partial charge >= 0.3 is 0 Å². The van der Waals surface area contributed by atoms with Crippen LogP contribution in [-0.2, 0) is 6.54 Å². The highest BCUT2D eigenvalue weighted by atomic mass is 19.1. The Morgan fingerprint density at radius 2 is 1.96 bits per heavy atom. The van der Waals surface area contributed by atoms with E-state index >= 15 is 0 Å². The third-order valence-corrected chi connectivity index (χ3v) is 4.34. The van der Waals surface area contributed by atoms with Crippen molar-refractivity contribution in [3.05, 3.63) is 77.4 Å². The maximum Gasteiger partial charge on any atom is 0.125 e. The molecule has 1 unspecified atom stereocenters. The monoisotopic (exact) mass is 339 g/mol. The number of benzene rings is 2. The van der Waals surface area contributed by atoms with Crippen molar-refractivity contribution in [1.29, 1.82) is 0 Å². The number of hydrogen-bond acceptors (Lipinski definition) is 3. The summed E-state index contributed by atoms with van der Waals surface area (Å²) in [6, 6.07) is 14.6. The van der Waals surface area contributed by atoms with Gasteiger partial charge in [0, 0.05) is 23.8 Å². The third kappa shape index (κ3) is 3.88. The maximum absolute atomic E-state index is 13.5. The van der Waals surface area contributed by atoms with Crippen molar-refractivity contribution in [2.75, 3.05) is 7.11 Å². The zero-order chi connectivity index (χ0) is 17.8. The first-order valence-electron chi connectivity index (χ1n) is 8.25. The predicted octanol–water partition coefficient (Wildman–Crippen LogP) is 4.18. The molecule has 0 saturated heterocycles. The zero-order valence-electron chi connectivity index (χ0n) is 14.7. The molecule has 5 heteroatoms. The van der Waals surface area contributed by atoms with Crippen LogP contribution in [0.4, 0.5) is 4.39 Å². The van der Waals surface area contributed by atoms with E-state index in [0.717, 1.165) is 29.2 Å². The van der Waals surface area contributed by atoms with E-state index in [1.165, 1.54) is 17.7 Å². The van der Waals surface area contributed by atoms with Crippen LogP contribution in [0.15, 0.2) is 54.7 Å². The molecule has 1 heterocycles. The molecule has 1 N–H and O–H groups in total. The van der Waals surface area contributed by atoms with Crippen LogP contribution < -0.4 is 10.1 Å². The van der Waals surface area contributed by atoms with Crippen molar-refractivity contribution in [3.8, 4) is 11.4 Å². The summed E-state index contributed by atoms with van der Waals surface area (Å²) in [5.41, 5.74) is 4.01. The van der Waals surface area contributed by atoms with Crippen LogP contribution in [-0.4, -0.2) is 16.9 Å². The van der Waals surface area contributed by atoms with Gasteiger partial charge in [0.15, 0.2) is 0 Å². The number of ether oxygens (including phenoxy) is 1. The molecular weight excluding hydrogens is 317 g/mol. The lowest BCUT2D eigenvalue weighted by Gasteiger charge is -2.14. The van der Waals surface area contributed by atoms with E-state index in [9.17, 15) is 4.39 Å². The number of nitrogens with one attached hydrogen (secondary N) is 1. The molecule has 0 aliphatic heterocycles. The Morgan fingerprint density at radius 3 is 2.64 bits per heavy atom. The minimum atomic E-state index is -0.264. The summed E-state index contributed by atoms with van der Waals surface area (Å²) in [7, 11) is 1.66. The molecule has 0 aliphatic carbocycles. The number of aromatic nitrogens is 2. The molecule has 0 bridgehead atoms. The van der Waals surface area contributed by atoms with Crippen LogP contribution in [0.25, 0.3) is 5.69 Å². The first-order chi connectivity index (χ1) is 12.1. The first kappa shape index (κ1) is 17.2. The highest BCUT2D eigenvalue weighted by molar-refractivity contribution is 5.36. The summed E-state index contributed by atoms with van der Waals surface area (Å²) in [5.74, 6) is 0.587. The van der Waals surface area contributed by atoms with Crippen molar-refractivity contribution in [2.24, 2.45) is 0 Å². The fraction of sp³-hybridized carbons (Fsp3) is 0.250. The van der Waals surface area contributed by atoms with Gasteiger partial charge in [-0.05, 0) is 49.7 Å². The van der Waals surface area contributed by atoms with E-state index in [0.29, 0.717) is 0 Å². The molecule has 0 saturated carbocycles. The van der Waals surface area contributed by atoms with Crippen molar-refractivity contribution in [2.45, 2.75) is 26.4 Å². The standard InChI is InChI=1S/C20H22FN3O/c1-14(22-12-16-7-9-19(25-3)10-8-16)20-13-23-24(15(20)2)18-6-4-5-17(21)11-18/h4-11,13-14,22H,12H2,1-3H3. The van der Waals surface area contributed by atoms with Gasteiger partial charge in [-0.15, -0.1) is 0 Å². The minimum Gasteiger partial charge on any atom is -0.497 e. The lowest BCUT2D eigenvalue weighted by atomic mass is 10.1. The van der Waals surface area contributed by atoms with Gasteiger partial charge in [0.05, 0.1) is 19.0 Å². The van der Waals surface area contributed by atoms with Crippen LogP contribution in [0.2, 0.25) is 0 Å². The van der Waals surface area contributed by atoms with E-state index in [1.807, 2.05) is 43.5 Å². The van der Waals surface area contributed by atoms with E-state index in [4.69, 9.17) is 4.74 Å². The van der Waals surface area contributed by atoms with E-state index in [2.05, 4.69) is 17.3 Å². The smallest absolute Gasteiger partial charge is 0.125 e. The molecule has 4 nitrogen and oxygen atoms in total. The molecule has 3 aromatic rings. The Morgan fingerprint density at radius 1 is 1.20 bits per heavy atom. The van der Waals surface area contributed by atoms with Gasteiger partial charge in [0.25, 0.3) is 0 Å². The quantitative estimate of drug-likeness (QED) is 0.732. The van der Waals surface area contributed by atoms with Crippen molar-refractivity contribution < 1.29 is 9.13 Å². The third-order valence-electron chi connectivity index (χ3n) is 4.34. The summed E-state index contributed by atoms with van der Waals surface area (Å²) in [6.07, 6.45) is 1.84. The Hall–Kier alpha value is -2.66. The largest absolute Gasteiger partial charge is 0.497 e. The summed E-state index contributed by atoms with van der Waals surface area (Å²) < 4.78 is 20.4. The zero-order valence-corrected chi connectivity index (χ0v) is 14.7. The van der Waals surface area contributed by atoms with Crippen molar-refractivity contribution >= 4 is 0 Å². The fourth-order valence-electron chi connectivity index (χ4n) is 2.84. The molecule has 0 aliphatic rings. The lowest BCUT2D eigenvalue weighted by Crippen LogP contribution is -2.18. The molecule has 25 heavy (non-hydrogen) atoms. The second-order valence-electron chi connectivity index (χ2n) is 6.03. The molecule has 1 aromatic heterocycles. The second kappa shape index (κ2) is 7.49. The molecule has 0 radical (unpaired) electrons. The van der Waals surface area contributed by atoms with E-state index < -0.39 is 0 Å². The van der Waals surface area contributed by atoms with Gasteiger partial charge in [-0.1, -0.05) is 18.2 Å². The van der Waals surface area contributed by atoms with E-state index in [1.54, 1.807) is 17.9 Å². The maximum atomic E-state index is 13.5. The number of rotatable bonds is 6. The Kier molecular flexibility index (Phi) is 5.14. The highest BCUT2D eigenvalue weighted by Crippen LogP contribution is 2.21. The molecule has 1 atom stereocenters. The van der Waals surface area contributed by atoms with Crippen LogP contribution in [0, 0.1) is 12.7 Å². The number of methoxy groups -OCH3 is 1. The van der Waals surface area contributed by atoms with Gasteiger partial charge < -0.3 is 10.1 Å². The average Bonchev–Trinajstić information content (AvgIpc) is 3.01. The molecule has 2 aromatic carbocycles. The summed E-state index contributed by atoms with van der Waals surface area (Å²) in [4.78, 5) is 0. The Balaban J connectivity index is 1.71. The predicted molar refractivity (Wildman–Crippen MR) is 96.5 cm³/mol. The van der Waals surface area contributed by atoms with Gasteiger partial charge in [0.2, 0.25) is 0 Å². The number of halogens is 1. The van der Waals surface area contributed by atoms with Crippen LogP contribution in [0.5, 0.6) is 5.75 Å². The molecule has 0 fully saturated rings. The molecule has 0 spiro atoms. The van der Waals surface area contributed by atoms with Gasteiger partial charge in [0.1, 0.15) is 11.6 Å². The Labute approximate surface area is 147 Å². The minimum absolute atomic E-state index is 0.129. The number of nitrogens with zero attached hydrogens (tertiary/aromatic N) is 2. The van der Waals surface area contributed by atoms with Gasteiger partial charge in [-0.25, -0.2) is 9.07 Å². The van der Waals surface area contributed by atoms with Gasteiger partial charge in [-0.2, -0.15) is 5.10 Å². The summed E-state index contributed by atoms with van der Waals surface area (Å²) >= 11 is 0. The summed E-state index contributed by atoms with van der Waals surface area (Å²) in [5, 5.41) is 7.92. The topological polar surface area (TPSA) is 39.1 Å². The Bertz CT molecular complexity index is 842. The SMILES string of the molecule is COc1ccc(CNC(C)c2cnn(-c3cccc(F)c3)c2C)cc1. The summed E-state index contributed by atoms with van der Waals surface area (Å²) in [6.45, 7) is 4.85. The molecular formula is C20H22FN3O. The van der Waals surface area contributed by atoms with Crippen LogP contribution in [0.1, 0.15) is 29.8 Å². The van der Waals surface area contributed by atoms with Crippen molar-refractivity contribution in [3.63, 3.8) is 0 Å². The first-order valence-corrected chi connectivity index (χ1v) is 8.25. The van der Waals surface area contributed by atoms with Crippen LogP contribution in [0.3, 0.4) is 0 Å². The van der Waals surface area contributed by atoms with Gasteiger partial charge in [-0.3, -0.25) is 0 Å². The van der Waals surface area contributed by atoms with Crippen LogP contribution >= 0.6 is 0 Å². The number of hydrogen-bond donors (Lipinski definition) is 1. The van der Waals surface area contributed by atoms with Crippen molar-refractivity contribution in [1.82, 2.24) is 15.1 Å². The molecule has 3 rings (SSSR count). The lowest BCUT2D eigenvalue weighted by molar-refractivity contribution is 0.414. The van der Waals surface area contributed by atoms with E-state index in [-0.39, 0.29) is 11.9 Å².